The van der Waals surface area contributed by atoms with Gasteiger partial charge in [0.1, 0.15) is 17.6 Å². The van der Waals surface area contributed by atoms with E-state index in [-0.39, 0.29) is 12.2 Å². The van der Waals surface area contributed by atoms with E-state index in [4.69, 9.17) is 9.47 Å². The van der Waals surface area contributed by atoms with E-state index >= 15 is 0 Å². The molecule has 0 aliphatic carbocycles. The van der Waals surface area contributed by atoms with Gasteiger partial charge in [-0.3, -0.25) is 4.79 Å². The van der Waals surface area contributed by atoms with Gasteiger partial charge in [0.25, 0.3) is 0 Å². The van der Waals surface area contributed by atoms with E-state index in [1.807, 2.05) is 60.7 Å². The third kappa shape index (κ3) is 5.26. The van der Waals surface area contributed by atoms with Gasteiger partial charge in [0.2, 0.25) is 0 Å². The molecule has 0 bridgehead atoms. The van der Waals surface area contributed by atoms with Gasteiger partial charge in [-0.05, 0) is 35.4 Å². The van der Waals surface area contributed by atoms with Crippen LogP contribution in [0, 0.1) is 0 Å². The largest absolute Gasteiger partial charge is 0.497 e. The maximum atomic E-state index is 13.4. The summed E-state index contributed by atoms with van der Waals surface area (Å²) in [5.41, 5.74) is 2.35. The first-order valence-electron chi connectivity index (χ1n) is 9.72. The van der Waals surface area contributed by atoms with Crippen molar-refractivity contribution in [3.63, 3.8) is 0 Å². The number of hydrogen-bond donors (Lipinski definition) is 1. The fraction of sp³-hybridized carbons (Fsp3) is 0.200. The summed E-state index contributed by atoms with van der Waals surface area (Å²) in [5, 5.41) is 3.20. The van der Waals surface area contributed by atoms with E-state index in [1.165, 1.54) is 7.11 Å². The zero-order valence-corrected chi connectivity index (χ0v) is 17.1. The molecule has 0 amide bonds. The van der Waals surface area contributed by atoms with Crippen molar-refractivity contribution in [3.8, 4) is 5.75 Å². The first-order valence-corrected chi connectivity index (χ1v) is 9.72. The lowest BCUT2D eigenvalue weighted by Gasteiger charge is -2.26. The Labute approximate surface area is 176 Å². The molecular formula is C25H25NO4. The van der Waals surface area contributed by atoms with Gasteiger partial charge >= 0.3 is 5.97 Å². The first kappa shape index (κ1) is 21.1. The minimum atomic E-state index is -0.873. The van der Waals surface area contributed by atoms with E-state index < -0.39 is 17.9 Å². The summed E-state index contributed by atoms with van der Waals surface area (Å²) in [4.78, 5) is 26.1. The van der Waals surface area contributed by atoms with Gasteiger partial charge in [-0.15, -0.1) is 0 Å². The van der Waals surface area contributed by atoms with Crippen LogP contribution in [0.1, 0.15) is 17.0 Å². The molecule has 3 rings (SSSR count). The molecule has 0 saturated heterocycles. The van der Waals surface area contributed by atoms with Crippen molar-refractivity contribution in [1.29, 1.82) is 0 Å². The Morgan fingerprint density at radius 1 is 0.833 bits per heavy atom. The Balaban J connectivity index is 1.95. The topological polar surface area (TPSA) is 64.6 Å². The molecule has 1 N–H and O–H groups in total. The molecule has 0 fully saturated rings. The highest BCUT2D eigenvalue weighted by Gasteiger charge is 2.35. The zero-order valence-electron chi connectivity index (χ0n) is 17.1. The number of anilines is 1. The Bertz CT molecular complexity index is 955. The normalized spacial score (nSPS) is 12.5. The van der Waals surface area contributed by atoms with E-state index in [2.05, 4.69) is 5.32 Å². The molecule has 5 heteroatoms. The Hall–Kier alpha value is -3.60. The summed E-state index contributed by atoms with van der Waals surface area (Å²) in [5.74, 6) is -0.569. The number of carbonyl (C=O) groups excluding carboxylic acids is 2. The van der Waals surface area contributed by atoms with E-state index in [0.29, 0.717) is 11.4 Å². The summed E-state index contributed by atoms with van der Waals surface area (Å²) < 4.78 is 10.2. The highest BCUT2D eigenvalue weighted by Crippen LogP contribution is 2.27. The molecule has 30 heavy (non-hydrogen) atoms. The van der Waals surface area contributed by atoms with Gasteiger partial charge in [0.15, 0.2) is 0 Å². The highest BCUT2D eigenvalue weighted by atomic mass is 16.5. The fourth-order valence-electron chi connectivity index (χ4n) is 3.40. The molecule has 0 radical (unpaired) electrons. The van der Waals surface area contributed by atoms with Crippen molar-refractivity contribution in [1.82, 2.24) is 0 Å². The van der Waals surface area contributed by atoms with Crippen LogP contribution in [-0.2, 0) is 20.7 Å². The summed E-state index contributed by atoms with van der Waals surface area (Å²) in [6, 6.07) is 25.2. The van der Waals surface area contributed by atoms with Gasteiger partial charge < -0.3 is 14.8 Å². The maximum Gasteiger partial charge on any atom is 0.329 e. The van der Waals surface area contributed by atoms with Crippen molar-refractivity contribution < 1.29 is 19.1 Å². The Kier molecular flexibility index (Phi) is 7.22. The number of carbonyl (C=O) groups is 2. The van der Waals surface area contributed by atoms with E-state index in [1.54, 1.807) is 31.4 Å². The number of hydrogen-bond acceptors (Lipinski definition) is 5. The van der Waals surface area contributed by atoms with Crippen LogP contribution in [-0.4, -0.2) is 32.0 Å². The van der Waals surface area contributed by atoms with E-state index in [0.717, 1.165) is 11.1 Å². The van der Waals surface area contributed by atoms with Gasteiger partial charge in [0, 0.05) is 12.1 Å². The molecule has 0 aromatic heterocycles. The highest BCUT2D eigenvalue weighted by molar-refractivity contribution is 5.95. The number of esters is 1. The number of ether oxygens (including phenoxy) is 2. The van der Waals surface area contributed by atoms with Crippen molar-refractivity contribution in [2.24, 2.45) is 0 Å². The average Bonchev–Trinajstić information content (AvgIpc) is 2.80. The quantitative estimate of drug-likeness (QED) is 0.541. The molecule has 0 aliphatic heterocycles. The monoisotopic (exact) mass is 403 g/mol. The molecule has 0 saturated carbocycles. The molecule has 0 heterocycles. The van der Waals surface area contributed by atoms with Crippen molar-refractivity contribution in [2.75, 3.05) is 19.5 Å². The number of rotatable bonds is 9. The fourth-order valence-corrected chi connectivity index (χ4v) is 3.40. The van der Waals surface area contributed by atoms with Crippen molar-refractivity contribution in [2.45, 2.75) is 18.4 Å². The minimum Gasteiger partial charge on any atom is -0.497 e. The average molecular weight is 403 g/mol. The van der Waals surface area contributed by atoms with Crippen molar-refractivity contribution in [3.05, 3.63) is 96.1 Å². The molecule has 2 unspecified atom stereocenters. The second-order valence-electron chi connectivity index (χ2n) is 6.89. The minimum absolute atomic E-state index is 0.0659. The third-order valence-electron chi connectivity index (χ3n) is 4.93. The molecule has 0 spiro atoms. The number of Topliss-reactive ketones (excluding diaryl/α,β-unsaturated/α-hetero) is 1. The SMILES string of the molecule is COC(=O)C(Nc1ccc(OC)cc1)C(C(=O)Cc1ccccc1)c1ccccc1. The molecule has 3 aromatic carbocycles. The van der Waals surface area contributed by atoms with Crippen LogP contribution >= 0.6 is 0 Å². The summed E-state index contributed by atoms with van der Waals surface area (Å²) >= 11 is 0. The smallest absolute Gasteiger partial charge is 0.329 e. The second kappa shape index (κ2) is 10.3. The predicted molar refractivity (Wildman–Crippen MR) is 117 cm³/mol. The molecular weight excluding hydrogens is 378 g/mol. The molecule has 3 aromatic rings. The lowest BCUT2D eigenvalue weighted by molar-refractivity contribution is -0.143. The van der Waals surface area contributed by atoms with Crippen molar-refractivity contribution >= 4 is 17.4 Å². The standard InChI is InChI=1S/C25H25NO4/c1-29-21-15-13-20(14-16-21)26-24(25(28)30-2)23(19-11-7-4-8-12-19)22(27)17-18-9-5-3-6-10-18/h3-16,23-24,26H,17H2,1-2H3. The first-order chi connectivity index (χ1) is 14.6. The second-order valence-corrected chi connectivity index (χ2v) is 6.89. The lowest BCUT2D eigenvalue weighted by atomic mass is 9.84. The molecule has 0 aliphatic rings. The third-order valence-corrected chi connectivity index (χ3v) is 4.93. The number of methoxy groups -OCH3 is 2. The van der Waals surface area contributed by atoms with Crippen LogP contribution in [0.25, 0.3) is 0 Å². The van der Waals surface area contributed by atoms with Crippen LogP contribution in [0.3, 0.4) is 0 Å². The maximum absolute atomic E-state index is 13.4. The Morgan fingerprint density at radius 3 is 2.00 bits per heavy atom. The van der Waals surface area contributed by atoms with Crippen LogP contribution in [0.2, 0.25) is 0 Å². The van der Waals surface area contributed by atoms with Crippen LogP contribution in [0.15, 0.2) is 84.9 Å². The summed E-state index contributed by atoms with van der Waals surface area (Å²) in [6.45, 7) is 0. The van der Waals surface area contributed by atoms with Crippen LogP contribution in [0.5, 0.6) is 5.75 Å². The van der Waals surface area contributed by atoms with Crippen LogP contribution < -0.4 is 10.1 Å². The van der Waals surface area contributed by atoms with Gasteiger partial charge in [-0.1, -0.05) is 60.7 Å². The van der Waals surface area contributed by atoms with Gasteiger partial charge in [-0.2, -0.15) is 0 Å². The predicted octanol–water partition coefficient (Wildman–Crippen LogP) is 4.24. The van der Waals surface area contributed by atoms with Gasteiger partial charge in [-0.25, -0.2) is 4.79 Å². The molecule has 2 atom stereocenters. The molecule has 154 valence electrons. The number of ketones is 1. The lowest BCUT2D eigenvalue weighted by Crippen LogP contribution is -2.40. The summed E-state index contributed by atoms with van der Waals surface area (Å²) in [7, 11) is 2.92. The summed E-state index contributed by atoms with van der Waals surface area (Å²) in [6.07, 6.45) is 0.220. The van der Waals surface area contributed by atoms with E-state index in [9.17, 15) is 9.59 Å². The molecule has 5 nitrogen and oxygen atoms in total. The van der Waals surface area contributed by atoms with Crippen LogP contribution in [0.4, 0.5) is 5.69 Å². The number of benzene rings is 3. The number of nitrogens with one attached hydrogen (secondary N) is 1. The van der Waals surface area contributed by atoms with Gasteiger partial charge in [0.05, 0.1) is 20.1 Å². The zero-order chi connectivity index (χ0) is 21.3. The Morgan fingerprint density at radius 2 is 1.43 bits per heavy atom.